The molecule has 0 radical (unpaired) electrons. The zero-order valence-corrected chi connectivity index (χ0v) is 13.2. The molecule has 0 bridgehead atoms. The predicted molar refractivity (Wildman–Crippen MR) is 83.2 cm³/mol. The molecule has 1 aromatic carbocycles. The van der Waals surface area contributed by atoms with Crippen molar-refractivity contribution in [2.75, 3.05) is 26.0 Å². The molecule has 9 nitrogen and oxygen atoms in total. The van der Waals surface area contributed by atoms with E-state index in [4.69, 9.17) is 4.74 Å². The van der Waals surface area contributed by atoms with E-state index in [0.717, 1.165) is 5.56 Å². The van der Waals surface area contributed by atoms with Crippen molar-refractivity contribution in [1.82, 2.24) is 4.90 Å². The smallest absolute Gasteiger partial charge is 0.368 e. The van der Waals surface area contributed by atoms with E-state index >= 15 is 0 Å². The van der Waals surface area contributed by atoms with Gasteiger partial charge in [0.05, 0.1) is 18.4 Å². The minimum Gasteiger partial charge on any atom is -0.505 e. The predicted octanol–water partition coefficient (Wildman–Crippen LogP) is 0.134. The quantitative estimate of drug-likeness (QED) is 0.702. The highest BCUT2D eigenvalue weighted by atomic mass is 32.2. The Morgan fingerprint density at radius 2 is 2.09 bits per heavy atom. The molecule has 0 saturated heterocycles. The van der Waals surface area contributed by atoms with Crippen LogP contribution in [0.2, 0.25) is 0 Å². The monoisotopic (exact) mass is 338 g/mol. The molecule has 0 unspecified atom stereocenters. The maximum atomic E-state index is 12.2. The number of hydrogen-bond donors (Lipinski definition) is 2. The van der Waals surface area contributed by atoms with E-state index in [1.165, 1.54) is 12.0 Å². The number of ether oxygens (including phenoxy) is 1. The molecule has 10 heteroatoms. The van der Waals surface area contributed by atoms with Crippen LogP contribution in [0.1, 0.15) is 15.9 Å². The number of likely N-dealkylation sites (N-methyl/N-ethyl adjacent to an activating group) is 1. The molecule has 2 N–H and O–H groups in total. The van der Waals surface area contributed by atoms with Crippen LogP contribution in [0, 0.1) is 0 Å². The molecule has 3 rings (SSSR count). The van der Waals surface area contributed by atoms with Gasteiger partial charge in [0, 0.05) is 13.6 Å². The number of rotatable bonds is 1. The Morgan fingerprint density at radius 1 is 1.35 bits per heavy atom. The van der Waals surface area contributed by atoms with Crippen molar-refractivity contribution in [3.63, 3.8) is 0 Å². The summed E-state index contributed by atoms with van der Waals surface area (Å²) in [5, 5.41) is 13.0. The summed E-state index contributed by atoms with van der Waals surface area (Å²) in [7, 11) is -1.10. The number of aromatic hydroxyl groups is 1. The fourth-order valence-corrected chi connectivity index (χ4v) is 3.19. The Bertz CT molecular complexity index is 859. The van der Waals surface area contributed by atoms with Gasteiger partial charge in [0.15, 0.2) is 5.75 Å². The van der Waals surface area contributed by atoms with Gasteiger partial charge in [-0.1, -0.05) is 6.07 Å². The van der Waals surface area contributed by atoms with Crippen LogP contribution in [0.15, 0.2) is 20.9 Å². The van der Waals surface area contributed by atoms with E-state index in [0.29, 0.717) is 13.0 Å². The van der Waals surface area contributed by atoms with E-state index in [2.05, 4.69) is 14.1 Å². The van der Waals surface area contributed by atoms with Crippen LogP contribution >= 0.6 is 0 Å². The summed E-state index contributed by atoms with van der Waals surface area (Å²) in [5.74, 6) is -0.930. The van der Waals surface area contributed by atoms with Crippen molar-refractivity contribution < 1.29 is 23.1 Å². The topological polar surface area (TPSA) is 121 Å². The van der Waals surface area contributed by atoms with Crippen molar-refractivity contribution in [2.45, 2.75) is 6.42 Å². The molecule has 0 fully saturated rings. The van der Waals surface area contributed by atoms with E-state index < -0.39 is 10.2 Å². The fourth-order valence-electron chi connectivity index (χ4n) is 2.42. The van der Waals surface area contributed by atoms with Gasteiger partial charge in [-0.05, 0) is 18.1 Å². The summed E-state index contributed by atoms with van der Waals surface area (Å²) in [4.78, 5) is 13.7. The lowest BCUT2D eigenvalue weighted by Crippen LogP contribution is -2.34. The summed E-state index contributed by atoms with van der Waals surface area (Å²) in [5.41, 5.74) is 1.08. The average molecular weight is 338 g/mol. The summed E-state index contributed by atoms with van der Waals surface area (Å²) in [6, 6.07) is 3.25. The van der Waals surface area contributed by atoms with Crippen LogP contribution in [0.25, 0.3) is 0 Å². The Kier molecular flexibility index (Phi) is 3.48. The molecular weight excluding hydrogens is 324 g/mol. The molecule has 122 valence electrons. The molecule has 1 amide bonds. The SMILES string of the molecule is COC1=NS(=O)(=O)N=C1Nc1ccc2c(c1O)C(=O)N(C)CC2. The summed E-state index contributed by atoms with van der Waals surface area (Å²) < 4.78 is 34.3. The van der Waals surface area contributed by atoms with Crippen molar-refractivity contribution in [3.8, 4) is 5.75 Å². The number of carbonyl (C=O) groups excluding carboxylic acids is 1. The van der Waals surface area contributed by atoms with Crippen LogP contribution in [-0.2, 0) is 21.4 Å². The Balaban J connectivity index is 2.00. The highest BCUT2D eigenvalue weighted by molar-refractivity contribution is 7.89. The molecule has 0 aromatic heterocycles. The van der Waals surface area contributed by atoms with Crippen molar-refractivity contribution >= 4 is 33.5 Å². The third kappa shape index (κ3) is 2.61. The number of carbonyl (C=O) groups is 1. The number of nitrogens with zero attached hydrogens (tertiary/aromatic N) is 3. The second-order valence-corrected chi connectivity index (χ2v) is 6.35. The molecule has 0 spiro atoms. The summed E-state index contributed by atoms with van der Waals surface area (Å²) >= 11 is 0. The van der Waals surface area contributed by atoms with Crippen LogP contribution < -0.4 is 5.32 Å². The average Bonchev–Trinajstić information content (AvgIpc) is 2.79. The van der Waals surface area contributed by atoms with Crippen molar-refractivity contribution in [1.29, 1.82) is 0 Å². The number of hydrogen-bond acceptors (Lipinski definition) is 6. The number of fused-ring (bicyclic) bond motifs is 1. The number of amides is 1. The van der Waals surface area contributed by atoms with Crippen LogP contribution in [0.3, 0.4) is 0 Å². The van der Waals surface area contributed by atoms with Gasteiger partial charge in [-0.25, -0.2) is 0 Å². The molecule has 2 aliphatic heterocycles. The lowest BCUT2D eigenvalue weighted by Gasteiger charge is -2.26. The van der Waals surface area contributed by atoms with E-state index in [1.807, 2.05) is 0 Å². The van der Waals surface area contributed by atoms with Gasteiger partial charge >= 0.3 is 10.2 Å². The van der Waals surface area contributed by atoms with Gasteiger partial charge in [0.1, 0.15) is 0 Å². The number of amidine groups is 1. The second kappa shape index (κ2) is 5.23. The van der Waals surface area contributed by atoms with Gasteiger partial charge in [-0.2, -0.15) is 8.42 Å². The Hall–Kier alpha value is -2.62. The third-order valence-electron chi connectivity index (χ3n) is 3.60. The number of phenolic OH excluding ortho intramolecular Hbond substituents is 1. The number of phenols is 1. The standard InChI is InChI=1S/C13H14N4O5S/c1-17-6-5-7-3-4-8(10(18)9(7)13(17)19)14-11-12(22-2)16-23(20,21)15-11/h3-4,18H,5-6H2,1-2H3,(H,14,15). The molecular formula is C13H14N4O5S. The first-order valence-electron chi connectivity index (χ1n) is 6.69. The minimum absolute atomic E-state index is 0.146. The maximum Gasteiger partial charge on any atom is 0.368 e. The second-order valence-electron chi connectivity index (χ2n) is 5.09. The lowest BCUT2D eigenvalue weighted by atomic mass is 9.97. The maximum absolute atomic E-state index is 12.2. The lowest BCUT2D eigenvalue weighted by molar-refractivity contribution is 0.0777. The van der Waals surface area contributed by atoms with Gasteiger partial charge in [-0.3, -0.25) is 4.79 Å². The van der Waals surface area contributed by atoms with E-state index in [1.54, 1.807) is 19.2 Å². The molecule has 23 heavy (non-hydrogen) atoms. The molecule has 0 aliphatic carbocycles. The highest BCUT2D eigenvalue weighted by Crippen LogP contribution is 2.34. The molecule has 2 aliphatic rings. The third-order valence-corrected chi connectivity index (χ3v) is 4.41. The van der Waals surface area contributed by atoms with Crippen LogP contribution in [0.4, 0.5) is 5.69 Å². The molecule has 1 aromatic rings. The molecule has 0 saturated carbocycles. The number of nitrogens with one attached hydrogen (secondary N) is 1. The number of anilines is 1. The zero-order valence-electron chi connectivity index (χ0n) is 12.4. The van der Waals surface area contributed by atoms with E-state index in [-0.39, 0.29) is 34.6 Å². The first-order chi connectivity index (χ1) is 10.8. The zero-order chi connectivity index (χ0) is 16.8. The minimum atomic E-state index is -3.99. The van der Waals surface area contributed by atoms with Crippen molar-refractivity contribution in [3.05, 3.63) is 23.3 Å². The van der Waals surface area contributed by atoms with Crippen LogP contribution in [0.5, 0.6) is 5.75 Å². The first kappa shape index (κ1) is 15.3. The summed E-state index contributed by atoms with van der Waals surface area (Å²) in [6.07, 6.45) is 0.630. The highest BCUT2D eigenvalue weighted by Gasteiger charge is 2.29. The largest absolute Gasteiger partial charge is 0.505 e. The molecule has 0 atom stereocenters. The molecule has 2 heterocycles. The van der Waals surface area contributed by atoms with Gasteiger partial charge < -0.3 is 20.1 Å². The Morgan fingerprint density at radius 3 is 2.78 bits per heavy atom. The van der Waals surface area contributed by atoms with Crippen molar-refractivity contribution in [2.24, 2.45) is 8.80 Å². The summed E-state index contributed by atoms with van der Waals surface area (Å²) in [6.45, 7) is 0.573. The van der Waals surface area contributed by atoms with Gasteiger partial charge in [0.25, 0.3) is 11.8 Å². The van der Waals surface area contributed by atoms with E-state index in [9.17, 15) is 18.3 Å². The van der Waals surface area contributed by atoms with Gasteiger partial charge in [-0.15, -0.1) is 8.80 Å². The van der Waals surface area contributed by atoms with Crippen LogP contribution in [-0.4, -0.2) is 56.8 Å². The first-order valence-corrected chi connectivity index (χ1v) is 8.08. The normalized spacial score (nSPS) is 19.0. The van der Waals surface area contributed by atoms with Gasteiger partial charge in [0.2, 0.25) is 5.84 Å². The Labute approximate surface area is 132 Å². The number of benzene rings is 1. The number of methoxy groups -OCH3 is 1. The fraction of sp³-hybridized carbons (Fsp3) is 0.308.